The van der Waals surface area contributed by atoms with Gasteiger partial charge in [-0.25, -0.2) is 4.79 Å². The van der Waals surface area contributed by atoms with Crippen LogP contribution in [0.1, 0.15) is 24.8 Å². The van der Waals surface area contributed by atoms with Crippen molar-refractivity contribution in [3.05, 3.63) is 23.8 Å². The lowest BCUT2D eigenvalue weighted by Gasteiger charge is -2.28. The zero-order valence-corrected chi connectivity index (χ0v) is 12.0. The zero-order chi connectivity index (χ0) is 14.2. The Labute approximate surface area is 124 Å². The van der Waals surface area contributed by atoms with Crippen LogP contribution in [0.2, 0.25) is 0 Å². The second-order valence-electron chi connectivity index (χ2n) is 6.26. The number of fused-ring (bicyclic) bond motifs is 3. The van der Waals surface area contributed by atoms with Gasteiger partial charge in [0.1, 0.15) is 5.75 Å². The van der Waals surface area contributed by atoms with E-state index in [1.54, 1.807) is 0 Å². The molecule has 5 heteroatoms. The molecule has 3 atom stereocenters. The third kappa shape index (κ3) is 2.46. The highest BCUT2D eigenvalue weighted by atomic mass is 16.5. The summed E-state index contributed by atoms with van der Waals surface area (Å²) in [6.45, 7) is 1.73. The molecule has 21 heavy (non-hydrogen) atoms. The van der Waals surface area contributed by atoms with Crippen LogP contribution in [0, 0.1) is 5.92 Å². The van der Waals surface area contributed by atoms with Crippen molar-refractivity contribution in [2.45, 2.75) is 37.8 Å². The van der Waals surface area contributed by atoms with Crippen LogP contribution in [0.3, 0.4) is 0 Å². The van der Waals surface area contributed by atoms with Crippen molar-refractivity contribution in [1.29, 1.82) is 0 Å². The maximum atomic E-state index is 12.3. The number of anilines is 1. The predicted molar refractivity (Wildman–Crippen MR) is 80.7 cm³/mol. The summed E-state index contributed by atoms with van der Waals surface area (Å²) in [6, 6.07) is 6.70. The molecule has 2 fully saturated rings. The summed E-state index contributed by atoms with van der Waals surface area (Å²) >= 11 is 0. The Balaban J connectivity index is 1.41. The summed E-state index contributed by atoms with van der Waals surface area (Å²) in [4.78, 5) is 12.3. The number of benzene rings is 1. The number of amides is 2. The molecule has 2 aliphatic heterocycles. The molecule has 1 aliphatic carbocycles. The smallest absolute Gasteiger partial charge is 0.319 e. The van der Waals surface area contributed by atoms with Gasteiger partial charge in [0, 0.05) is 36.3 Å². The first-order valence-electron chi connectivity index (χ1n) is 7.85. The SMILES string of the molecule is O=C(Nc1cccc2c1CCO2)NC1CCC2CC1CN2. The average molecular weight is 287 g/mol. The highest BCUT2D eigenvalue weighted by Gasteiger charge is 2.36. The van der Waals surface area contributed by atoms with Crippen LogP contribution in [0.5, 0.6) is 5.75 Å². The molecule has 3 aliphatic rings. The molecule has 2 heterocycles. The van der Waals surface area contributed by atoms with E-state index in [2.05, 4.69) is 16.0 Å². The van der Waals surface area contributed by atoms with Crippen molar-refractivity contribution < 1.29 is 9.53 Å². The molecule has 112 valence electrons. The largest absolute Gasteiger partial charge is 0.493 e. The highest BCUT2D eigenvalue weighted by Crippen LogP contribution is 2.32. The average Bonchev–Trinajstić information content (AvgIpc) is 3.10. The minimum Gasteiger partial charge on any atom is -0.493 e. The van der Waals surface area contributed by atoms with E-state index in [0.717, 1.165) is 42.8 Å². The lowest BCUT2D eigenvalue weighted by molar-refractivity contribution is 0.236. The zero-order valence-electron chi connectivity index (χ0n) is 12.0. The van der Waals surface area contributed by atoms with E-state index in [-0.39, 0.29) is 6.03 Å². The van der Waals surface area contributed by atoms with E-state index in [0.29, 0.717) is 24.6 Å². The van der Waals surface area contributed by atoms with Crippen LogP contribution in [-0.4, -0.2) is 31.3 Å². The number of rotatable bonds is 2. The van der Waals surface area contributed by atoms with E-state index in [4.69, 9.17) is 4.74 Å². The molecule has 3 unspecified atom stereocenters. The van der Waals surface area contributed by atoms with Gasteiger partial charge in [0.05, 0.1) is 6.61 Å². The van der Waals surface area contributed by atoms with Crippen LogP contribution in [0.15, 0.2) is 18.2 Å². The Kier molecular flexibility index (Phi) is 3.22. The first-order chi connectivity index (χ1) is 10.3. The van der Waals surface area contributed by atoms with Gasteiger partial charge in [0.2, 0.25) is 0 Å². The molecule has 1 aromatic rings. The second kappa shape index (κ2) is 5.22. The maximum Gasteiger partial charge on any atom is 0.319 e. The van der Waals surface area contributed by atoms with Gasteiger partial charge >= 0.3 is 6.03 Å². The van der Waals surface area contributed by atoms with Crippen molar-refractivity contribution >= 4 is 11.7 Å². The molecule has 2 bridgehead atoms. The standard InChI is InChI=1S/C16H21N3O2/c20-16(18-13-5-4-11-8-10(13)9-17-11)19-14-2-1-3-15-12(14)6-7-21-15/h1-3,10-11,13,17H,4-9H2,(H2,18,19,20). The number of urea groups is 1. The fourth-order valence-electron chi connectivity index (χ4n) is 3.85. The van der Waals surface area contributed by atoms with Crippen LogP contribution < -0.4 is 20.7 Å². The van der Waals surface area contributed by atoms with Gasteiger partial charge in [0.25, 0.3) is 0 Å². The van der Waals surface area contributed by atoms with E-state index in [1.807, 2.05) is 18.2 Å². The van der Waals surface area contributed by atoms with Crippen LogP contribution in [0.4, 0.5) is 10.5 Å². The number of hydrogen-bond donors (Lipinski definition) is 3. The van der Waals surface area contributed by atoms with Gasteiger partial charge in [0.15, 0.2) is 0 Å². The quantitative estimate of drug-likeness (QED) is 0.778. The predicted octanol–water partition coefficient (Wildman–Crippen LogP) is 1.88. The Hall–Kier alpha value is -1.75. The molecule has 3 N–H and O–H groups in total. The summed E-state index contributed by atoms with van der Waals surface area (Å²) in [7, 11) is 0. The van der Waals surface area contributed by atoms with Crippen LogP contribution >= 0.6 is 0 Å². The van der Waals surface area contributed by atoms with Gasteiger partial charge in [-0.05, 0) is 37.3 Å². The summed E-state index contributed by atoms with van der Waals surface area (Å²) in [5.74, 6) is 1.48. The van der Waals surface area contributed by atoms with Crippen LogP contribution in [-0.2, 0) is 6.42 Å². The van der Waals surface area contributed by atoms with Crippen molar-refractivity contribution in [2.75, 3.05) is 18.5 Å². The molecule has 1 saturated heterocycles. The Morgan fingerprint density at radius 1 is 1.33 bits per heavy atom. The van der Waals surface area contributed by atoms with Crippen molar-refractivity contribution in [1.82, 2.24) is 10.6 Å². The molecule has 2 amide bonds. The number of carbonyl (C=O) groups is 1. The third-order valence-corrected chi connectivity index (χ3v) is 4.96. The highest BCUT2D eigenvalue weighted by molar-refractivity contribution is 5.90. The molecule has 0 radical (unpaired) electrons. The molecule has 0 aromatic heterocycles. The van der Waals surface area contributed by atoms with Gasteiger partial charge in [-0.3, -0.25) is 0 Å². The van der Waals surface area contributed by atoms with Gasteiger partial charge in [-0.1, -0.05) is 6.07 Å². The lowest BCUT2D eigenvalue weighted by atomic mass is 9.86. The summed E-state index contributed by atoms with van der Waals surface area (Å²) in [5.41, 5.74) is 1.99. The van der Waals surface area contributed by atoms with Crippen molar-refractivity contribution in [2.24, 2.45) is 5.92 Å². The van der Waals surface area contributed by atoms with Crippen molar-refractivity contribution in [3.63, 3.8) is 0 Å². The van der Waals surface area contributed by atoms with Gasteiger partial charge in [-0.2, -0.15) is 0 Å². The number of ether oxygens (including phenoxy) is 1. The first kappa shape index (κ1) is 13.0. The fraction of sp³-hybridized carbons (Fsp3) is 0.562. The van der Waals surface area contributed by atoms with E-state index >= 15 is 0 Å². The third-order valence-electron chi connectivity index (χ3n) is 4.96. The van der Waals surface area contributed by atoms with Gasteiger partial charge in [-0.15, -0.1) is 0 Å². The van der Waals surface area contributed by atoms with E-state index in [9.17, 15) is 4.79 Å². The van der Waals surface area contributed by atoms with Crippen molar-refractivity contribution in [3.8, 4) is 5.75 Å². The molecular weight excluding hydrogens is 266 g/mol. The molecule has 0 spiro atoms. The number of hydrogen-bond acceptors (Lipinski definition) is 3. The first-order valence-corrected chi connectivity index (χ1v) is 7.85. The topological polar surface area (TPSA) is 62.4 Å². The van der Waals surface area contributed by atoms with Crippen LogP contribution in [0.25, 0.3) is 0 Å². The minimum absolute atomic E-state index is 0.0920. The summed E-state index contributed by atoms with van der Waals surface area (Å²) < 4.78 is 5.53. The summed E-state index contributed by atoms with van der Waals surface area (Å²) in [6.07, 6.45) is 4.30. The van der Waals surface area contributed by atoms with E-state index in [1.165, 1.54) is 6.42 Å². The monoisotopic (exact) mass is 287 g/mol. The second-order valence-corrected chi connectivity index (χ2v) is 6.26. The maximum absolute atomic E-state index is 12.3. The minimum atomic E-state index is -0.0920. The molecule has 4 rings (SSSR count). The Morgan fingerprint density at radius 2 is 2.29 bits per heavy atom. The molecule has 1 aromatic carbocycles. The fourth-order valence-corrected chi connectivity index (χ4v) is 3.85. The lowest BCUT2D eigenvalue weighted by Crippen LogP contribution is -2.44. The Morgan fingerprint density at radius 3 is 3.24 bits per heavy atom. The Bertz CT molecular complexity index is 560. The normalized spacial score (nSPS) is 29.6. The molecule has 1 saturated carbocycles. The van der Waals surface area contributed by atoms with Gasteiger partial charge < -0.3 is 20.7 Å². The summed E-state index contributed by atoms with van der Waals surface area (Å²) in [5, 5.41) is 9.67. The molecule has 5 nitrogen and oxygen atoms in total. The van der Waals surface area contributed by atoms with E-state index < -0.39 is 0 Å². The number of nitrogens with one attached hydrogen (secondary N) is 3. The number of carbonyl (C=O) groups excluding carboxylic acids is 1. The molecular formula is C16H21N3O2.